The minimum absolute atomic E-state index is 0. The van der Waals surface area contributed by atoms with Crippen molar-refractivity contribution in [2.45, 2.75) is 44.8 Å². The number of H-pyrrole nitrogens is 1. The Bertz CT molecular complexity index is 611. The molecular formula is C17H24BrClN4. The van der Waals surface area contributed by atoms with E-state index in [1.165, 1.54) is 19.3 Å². The molecular weight excluding hydrogens is 376 g/mol. The summed E-state index contributed by atoms with van der Waals surface area (Å²) in [6.45, 7) is 4.07. The highest BCUT2D eigenvalue weighted by molar-refractivity contribution is 9.10. The molecule has 1 aliphatic heterocycles. The summed E-state index contributed by atoms with van der Waals surface area (Å²) in [7, 11) is 0. The van der Waals surface area contributed by atoms with Crippen molar-refractivity contribution in [3.05, 3.63) is 40.8 Å². The maximum absolute atomic E-state index is 6.14. The number of piperidine rings is 1. The molecule has 2 unspecified atom stereocenters. The van der Waals surface area contributed by atoms with Gasteiger partial charge in [0.2, 0.25) is 0 Å². The van der Waals surface area contributed by atoms with E-state index in [1.807, 2.05) is 18.3 Å². The molecule has 126 valence electrons. The fourth-order valence-electron chi connectivity index (χ4n) is 3.22. The van der Waals surface area contributed by atoms with Gasteiger partial charge in [0.25, 0.3) is 0 Å². The Balaban J connectivity index is 0.00000192. The van der Waals surface area contributed by atoms with Crippen LogP contribution in [-0.2, 0) is 6.54 Å². The summed E-state index contributed by atoms with van der Waals surface area (Å²) in [4.78, 5) is 10.5. The zero-order valence-corrected chi connectivity index (χ0v) is 15.7. The number of halogens is 2. The normalized spacial score (nSPS) is 20.0. The molecule has 1 aromatic carbocycles. The summed E-state index contributed by atoms with van der Waals surface area (Å²) in [6.07, 6.45) is 5.65. The number of hydrogen-bond donors (Lipinski definition) is 2. The fourth-order valence-corrected chi connectivity index (χ4v) is 3.48. The molecule has 3 N–H and O–H groups in total. The lowest BCUT2D eigenvalue weighted by Gasteiger charge is -2.37. The van der Waals surface area contributed by atoms with Crippen LogP contribution in [0, 0.1) is 0 Å². The van der Waals surface area contributed by atoms with E-state index in [1.54, 1.807) is 0 Å². The number of hydrogen-bond acceptors (Lipinski definition) is 3. The number of aromatic nitrogens is 2. The van der Waals surface area contributed by atoms with E-state index in [-0.39, 0.29) is 18.4 Å². The van der Waals surface area contributed by atoms with Gasteiger partial charge in [-0.2, -0.15) is 0 Å². The first-order chi connectivity index (χ1) is 10.6. The molecule has 2 aromatic rings. The summed E-state index contributed by atoms with van der Waals surface area (Å²) in [5.41, 5.74) is 8.37. The predicted octanol–water partition coefficient (Wildman–Crippen LogP) is 3.96. The van der Waals surface area contributed by atoms with Gasteiger partial charge in [-0.15, -0.1) is 12.4 Å². The average Bonchev–Trinajstić information content (AvgIpc) is 2.97. The number of likely N-dealkylation sites (tertiary alicyclic amines) is 1. The highest BCUT2D eigenvalue weighted by atomic mass is 79.9. The van der Waals surface area contributed by atoms with Crippen LogP contribution in [0.2, 0.25) is 0 Å². The van der Waals surface area contributed by atoms with E-state index in [2.05, 4.69) is 49.9 Å². The second-order valence-corrected chi connectivity index (χ2v) is 7.06. The first-order valence-electron chi connectivity index (χ1n) is 7.93. The monoisotopic (exact) mass is 398 g/mol. The molecule has 1 fully saturated rings. The Hall–Kier alpha value is -0.880. The van der Waals surface area contributed by atoms with E-state index in [4.69, 9.17) is 5.73 Å². The number of benzene rings is 1. The van der Waals surface area contributed by atoms with Crippen molar-refractivity contribution in [2.24, 2.45) is 5.73 Å². The third-order valence-electron chi connectivity index (χ3n) is 4.41. The van der Waals surface area contributed by atoms with Crippen molar-refractivity contribution in [1.29, 1.82) is 0 Å². The maximum atomic E-state index is 6.14. The van der Waals surface area contributed by atoms with Gasteiger partial charge in [-0.3, -0.25) is 4.90 Å². The zero-order valence-electron chi connectivity index (χ0n) is 13.3. The summed E-state index contributed by atoms with van der Waals surface area (Å²) in [6, 6.07) is 8.95. The Morgan fingerprint density at radius 2 is 2.09 bits per heavy atom. The molecule has 1 aliphatic rings. The molecule has 3 rings (SSSR count). The largest absolute Gasteiger partial charge is 0.341 e. The molecule has 1 saturated heterocycles. The lowest BCUT2D eigenvalue weighted by atomic mass is 9.97. The number of rotatable bonds is 4. The fraction of sp³-hybridized carbons (Fsp3) is 0.471. The molecule has 0 saturated carbocycles. The third-order valence-corrected chi connectivity index (χ3v) is 4.94. The number of nitrogens with zero attached hydrogens (tertiary/aromatic N) is 2. The van der Waals surface area contributed by atoms with Gasteiger partial charge in [-0.25, -0.2) is 4.98 Å². The first kappa shape index (κ1) is 18.5. The molecule has 0 radical (unpaired) electrons. The highest BCUT2D eigenvalue weighted by Gasteiger charge is 2.25. The van der Waals surface area contributed by atoms with E-state index in [0.717, 1.165) is 34.6 Å². The maximum Gasteiger partial charge on any atom is 0.120 e. The molecule has 23 heavy (non-hydrogen) atoms. The van der Waals surface area contributed by atoms with Crippen LogP contribution in [-0.4, -0.2) is 33.5 Å². The van der Waals surface area contributed by atoms with Gasteiger partial charge in [0, 0.05) is 16.6 Å². The number of nitrogens with one attached hydrogen (secondary N) is 1. The molecule has 1 aromatic heterocycles. The van der Waals surface area contributed by atoms with Crippen LogP contribution in [0.15, 0.2) is 34.9 Å². The topological polar surface area (TPSA) is 57.9 Å². The molecule has 0 bridgehead atoms. The van der Waals surface area contributed by atoms with Gasteiger partial charge in [0.1, 0.15) is 5.82 Å². The third kappa shape index (κ3) is 4.57. The molecule has 6 heteroatoms. The van der Waals surface area contributed by atoms with Crippen molar-refractivity contribution in [3.63, 3.8) is 0 Å². The highest BCUT2D eigenvalue weighted by Crippen LogP contribution is 2.23. The second kappa shape index (κ2) is 8.29. The van der Waals surface area contributed by atoms with Crippen LogP contribution >= 0.6 is 28.3 Å². The van der Waals surface area contributed by atoms with Crippen molar-refractivity contribution in [1.82, 2.24) is 14.9 Å². The van der Waals surface area contributed by atoms with Gasteiger partial charge in [0.15, 0.2) is 0 Å². The predicted molar refractivity (Wildman–Crippen MR) is 101 cm³/mol. The number of nitrogens with two attached hydrogens (primary N) is 1. The molecule has 2 atom stereocenters. The van der Waals surface area contributed by atoms with Crippen molar-refractivity contribution >= 4 is 28.3 Å². The van der Waals surface area contributed by atoms with Crippen molar-refractivity contribution in [3.8, 4) is 11.3 Å². The molecule has 0 aliphatic carbocycles. The summed E-state index contributed by atoms with van der Waals surface area (Å²) in [5, 5.41) is 0. The quantitative estimate of drug-likeness (QED) is 0.818. The van der Waals surface area contributed by atoms with Gasteiger partial charge in [-0.05, 0) is 44.0 Å². The molecule has 2 heterocycles. The van der Waals surface area contributed by atoms with Crippen LogP contribution in [0.25, 0.3) is 11.3 Å². The number of aromatic amines is 1. The van der Waals surface area contributed by atoms with E-state index in [0.29, 0.717) is 6.04 Å². The Labute approximate surface area is 152 Å². The zero-order chi connectivity index (χ0) is 15.5. The number of imidazole rings is 1. The van der Waals surface area contributed by atoms with E-state index < -0.39 is 0 Å². The van der Waals surface area contributed by atoms with Crippen LogP contribution in [0.1, 0.15) is 32.0 Å². The Morgan fingerprint density at radius 3 is 2.78 bits per heavy atom. The molecule has 4 nitrogen and oxygen atoms in total. The standard InChI is InChI=1S/C17H23BrN4.ClH/c1-12(19)16-4-2-3-9-22(16)11-17-20-10-15(21-17)13-5-7-14(18)8-6-13;/h5-8,10,12,16H,2-4,9,11,19H2,1H3,(H,20,21);1H. The lowest BCUT2D eigenvalue weighted by Crippen LogP contribution is -2.48. The van der Waals surface area contributed by atoms with Crippen molar-refractivity contribution in [2.75, 3.05) is 6.54 Å². The minimum atomic E-state index is 0. The van der Waals surface area contributed by atoms with Crippen LogP contribution in [0.5, 0.6) is 0 Å². The summed E-state index contributed by atoms with van der Waals surface area (Å²) >= 11 is 3.46. The Kier molecular flexibility index (Phi) is 6.65. The minimum Gasteiger partial charge on any atom is -0.341 e. The van der Waals surface area contributed by atoms with Crippen LogP contribution < -0.4 is 5.73 Å². The van der Waals surface area contributed by atoms with Gasteiger partial charge < -0.3 is 10.7 Å². The van der Waals surface area contributed by atoms with Crippen molar-refractivity contribution < 1.29 is 0 Å². The first-order valence-corrected chi connectivity index (χ1v) is 8.72. The molecule has 0 amide bonds. The summed E-state index contributed by atoms with van der Waals surface area (Å²) in [5.74, 6) is 1.02. The van der Waals surface area contributed by atoms with Gasteiger partial charge >= 0.3 is 0 Å². The van der Waals surface area contributed by atoms with E-state index in [9.17, 15) is 0 Å². The SMILES string of the molecule is CC(N)C1CCCCN1Cc1ncc(-c2ccc(Br)cc2)[nH]1.Cl. The Morgan fingerprint density at radius 1 is 1.35 bits per heavy atom. The van der Waals surface area contributed by atoms with Gasteiger partial charge in [0.05, 0.1) is 18.4 Å². The second-order valence-electron chi connectivity index (χ2n) is 6.14. The summed E-state index contributed by atoms with van der Waals surface area (Å²) < 4.78 is 1.09. The van der Waals surface area contributed by atoms with Crippen LogP contribution in [0.4, 0.5) is 0 Å². The van der Waals surface area contributed by atoms with Gasteiger partial charge in [-0.1, -0.05) is 34.5 Å². The van der Waals surface area contributed by atoms with Crippen LogP contribution in [0.3, 0.4) is 0 Å². The average molecular weight is 400 g/mol. The van der Waals surface area contributed by atoms with E-state index >= 15 is 0 Å². The lowest BCUT2D eigenvalue weighted by molar-refractivity contribution is 0.120. The molecule has 0 spiro atoms. The smallest absolute Gasteiger partial charge is 0.120 e.